The van der Waals surface area contributed by atoms with Gasteiger partial charge in [0.2, 0.25) is 0 Å². The van der Waals surface area contributed by atoms with Crippen LogP contribution in [0.3, 0.4) is 0 Å². The van der Waals surface area contributed by atoms with E-state index in [1.807, 2.05) is 0 Å². The molecule has 0 aromatic carbocycles. The monoisotopic (exact) mass is 222 g/mol. The normalized spacial score (nSPS) is 57.6. The molecule has 1 saturated heterocycles. The quantitative estimate of drug-likeness (QED) is 0.548. The summed E-state index contributed by atoms with van der Waals surface area (Å²) < 4.78 is 1.66. The van der Waals surface area contributed by atoms with E-state index in [2.05, 4.69) is 11.8 Å². The largest absolute Gasteiger partial charge is 0.145 e. The maximum Gasteiger partial charge on any atom is 0.0343 e. The Kier molecular flexibility index (Phi) is 1.86. The number of hydrogen-bond donors (Lipinski definition) is 0. The Morgan fingerprint density at radius 3 is 1.73 bits per heavy atom. The summed E-state index contributed by atoms with van der Waals surface area (Å²) in [4.78, 5) is 0. The van der Waals surface area contributed by atoms with E-state index < -0.39 is 0 Å². The Labute approximate surface area is 97.6 Å². The lowest BCUT2D eigenvalue weighted by molar-refractivity contribution is 0.120. The van der Waals surface area contributed by atoms with Crippen LogP contribution >= 0.6 is 11.8 Å². The lowest BCUT2D eigenvalue weighted by Crippen LogP contribution is -2.46. The second-order valence-corrected chi connectivity index (χ2v) is 8.00. The topological polar surface area (TPSA) is 0 Å². The van der Waals surface area contributed by atoms with Crippen LogP contribution in [0.2, 0.25) is 0 Å². The maximum atomic E-state index is 2.46. The Balaban J connectivity index is 1.70. The van der Waals surface area contributed by atoms with Crippen LogP contribution in [0.4, 0.5) is 0 Å². The molecule has 0 aromatic heterocycles. The fourth-order valence-corrected chi connectivity index (χ4v) is 7.71. The van der Waals surface area contributed by atoms with Crippen molar-refractivity contribution in [3.63, 3.8) is 0 Å². The molecule has 0 radical (unpaired) electrons. The van der Waals surface area contributed by atoms with Gasteiger partial charge >= 0.3 is 0 Å². The van der Waals surface area contributed by atoms with Crippen LogP contribution in [0.5, 0.6) is 0 Å². The Morgan fingerprint density at radius 1 is 0.667 bits per heavy atom. The van der Waals surface area contributed by atoms with Gasteiger partial charge in [0, 0.05) is 9.49 Å². The van der Waals surface area contributed by atoms with Crippen molar-refractivity contribution >= 4 is 11.8 Å². The molecule has 4 fully saturated rings. The van der Waals surface area contributed by atoms with Gasteiger partial charge in [-0.25, -0.2) is 0 Å². The first-order valence-electron chi connectivity index (χ1n) is 7.08. The summed E-state index contributed by atoms with van der Waals surface area (Å²) in [5.74, 6) is 2.26. The predicted molar refractivity (Wildman–Crippen MR) is 66.2 cm³/mol. The van der Waals surface area contributed by atoms with Crippen molar-refractivity contribution in [3.8, 4) is 0 Å². The molecule has 0 amide bonds. The van der Waals surface area contributed by atoms with Crippen molar-refractivity contribution < 1.29 is 0 Å². The molecule has 4 unspecified atom stereocenters. The van der Waals surface area contributed by atoms with Crippen LogP contribution in [0.15, 0.2) is 0 Å². The first kappa shape index (κ1) is 9.39. The van der Waals surface area contributed by atoms with Crippen molar-refractivity contribution in [2.24, 2.45) is 11.8 Å². The van der Waals surface area contributed by atoms with E-state index in [0.717, 1.165) is 21.3 Å². The molecule has 1 aliphatic heterocycles. The Morgan fingerprint density at radius 2 is 1.20 bits per heavy atom. The van der Waals surface area contributed by atoms with Gasteiger partial charge in [-0.05, 0) is 50.4 Å². The van der Waals surface area contributed by atoms with Crippen molar-refractivity contribution in [2.45, 2.75) is 73.7 Å². The average molecular weight is 222 g/mol. The van der Waals surface area contributed by atoms with Crippen molar-refractivity contribution in [1.29, 1.82) is 0 Å². The molecular weight excluding hydrogens is 200 g/mol. The molecule has 3 saturated carbocycles. The standard InChI is InChI=1S/C14H22S/c1-3-9-13-11(5-1)7-8-12-6-2-4-10-14(12,13)15-13/h11-12H,1-10H2. The van der Waals surface area contributed by atoms with Crippen LogP contribution in [-0.4, -0.2) is 9.49 Å². The smallest absolute Gasteiger partial charge is 0.0343 e. The molecule has 1 heteroatoms. The van der Waals surface area contributed by atoms with E-state index in [0.29, 0.717) is 0 Å². The second-order valence-electron chi connectivity index (χ2n) is 6.34. The zero-order valence-electron chi connectivity index (χ0n) is 9.63. The molecule has 3 aliphatic carbocycles. The third kappa shape index (κ3) is 1.02. The van der Waals surface area contributed by atoms with Gasteiger partial charge in [-0.3, -0.25) is 0 Å². The molecule has 84 valence electrons. The predicted octanol–water partition coefficient (Wildman–Crippen LogP) is 4.39. The lowest BCUT2D eigenvalue weighted by Gasteiger charge is -2.45. The highest BCUT2D eigenvalue weighted by molar-refractivity contribution is 8.09. The summed E-state index contributed by atoms with van der Waals surface area (Å²) >= 11 is 2.46. The van der Waals surface area contributed by atoms with Gasteiger partial charge in [0.15, 0.2) is 0 Å². The second kappa shape index (κ2) is 2.97. The third-order valence-electron chi connectivity index (χ3n) is 5.92. The van der Waals surface area contributed by atoms with E-state index in [1.54, 1.807) is 38.5 Å². The Hall–Kier alpha value is 0.350. The highest BCUT2D eigenvalue weighted by Gasteiger charge is 2.75. The molecule has 0 bridgehead atoms. The maximum absolute atomic E-state index is 2.46. The van der Waals surface area contributed by atoms with Crippen molar-refractivity contribution in [2.75, 3.05) is 0 Å². The van der Waals surface area contributed by atoms with E-state index in [1.165, 1.54) is 25.7 Å². The number of thioether (sulfide) groups is 1. The van der Waals surface area contributed by atoms with Gasteiger partial charge in [-0.15, -0.1) is 11.8 Å². The van der Waals surface area contributed by atoms with Gasteiger partial charge in [-0.2, -0.15) is 0 Å². The number of rotatable bonds is 0. The minimum absolute atomic E-state index is 0.828. The highest BCUT2D eigenvalue weighted by Crippen LogP contribution is 2.80. The molecular formula is C14H22S. The third-order valence-corrected chi connectivity index (χ3v) is 8.25. The lowest BCUT2D eigenvalue weighted by atomic mass is 9.58. The van der Waals surface area contributed by atoms with E-state index in [9.17, 15) is 0 Å². The summed E-state index contributed by atoms with van der Waals surface area (Å²) in [6.45, 7) is 0. The van der Waals surface area contributed by atoms with Gasteiger partial charge in [0.25, 0.3) is 0 Å². The van der Waals surface area contributed by atoms with Crippen LogP contribution in [0.1, 0.15) is 64.2 Å². The zero-order valence-corrected chi connectivity index (χ0v) is 10.5. The van der Waals surface area contributed by atoms with E-state index in [4.69, 9.17) is 0 Å². The molecule has 0 nitrogen and oxygen atoms in total. The summed E-state index contributed by atoms with van der Waals surface area (Å²) in [5, 5.41) is 0. The van der Waals surface area contributed by atoms with E-state index >= 15 is 0 Å². The molecule has 2 spiro atoms. The van der Waals surface area contributed by atoms with Crippen molar-refractivity contribution in [3.05, 3.63) is 0 Å². The van der Waals surface area contributed by atoms with Crippen LogP contribution in [0, 0.1) is 11.8 Å². The van der Waals surface area contributed by atoms with Crippen LogP contribution < -0.4 is 0 Å². The van der Waals surface area contributed by atoms with E-state index in [-0.39, 0.29) is 0 Å². The highest BCUT2D eigenvalue weighted by atomic mass is 32.2. The number of hydrogen-bond acceptors (Lipinski definition) is 1. The molecule has 4 rings (SSSR count). The van der Waals surface area contributed by atoms with Crippen molar-refractivity contribution in [1.82, 2.24) is 0 Å². The summed E-state index contributed by atoms with van der Waals surface area (Å²) in [5.41, 5.74) is 0. The minimum Gasteiger partial charge on any atom is -0.145 e. The molecule has 0 aromatic rings. The first-order valence-corrected chi connectivity index (χ1v) is 7.89. The van der Waals surface area contributed by atoms with Crippen LogP contribution in [0.25, 0.3) is 0 Å². The minimum atomic E-state index is 0.828. The molecule has 4 aliphatic rings. The fourth-order valence-electron chi connectivity index (χ4n) is 5.27. The fraction of sp³-hybridized carbons (Fsp3) is 1.00. The average Bonchev–Trinajstić information content (AvgIpc) is 2.93. The molecule has 1 heterocycles. The first-order chi connectivity index (χ1) is 7.37. The molecule has 0 N–H and O–H groups in total. The molecule has 4 atom stereocenters. The SMILES string of the molecule is C1CCC23SC24CCCCC4CCC3C1. The zero-order chi connectivity index (χ0) is 9.93. The van der Waals surface area contributed by atoms with Gasteiger partial charge in [0.1, 0.15) is 0 Å². The summed E-state index contributed by atoms with van der Waals surface area (Å²) in [6.07, 6.45) is 15.6. The molecule has 15 heavy (non-hydrogen) atoms. The summed E-state index contributed by atoms with van der Waals surface area (Å²) in [7, 11) is 0. The van der Waals surface area contributed by atoms with Gasteiger partial charge in [-0.1, -0.05) is 25.7 Å². The Bertz CT molecular complexity index is 259. The van der Waals surface area contributed by atoms with Gasteiger partial charge in [0.05, 0.1) is 0 Å². The summed E-state index contributed by atoms with van der Waals surface area (Å²) in [6, 6.07) is 0. The van der Waals surface area contributed by atoms with Crippen LogP contribution in [-0.2, 0) is 0 Å². The van der Waals surface area contributed by atoms with Gasteiger partial charge < -0.3 is 0 Å².